The van der Waals surface area contributed by atoms with Crippen molar-refractivity contribution in [1.82, 2.24) is 10.2 Å². The fourth-order valence-corrected chi connectivity index (χ4v) is 2.46. The van der Waals surface area contributed by atoms with Gasteiger partial charge in [-0.25, -0.2) is 8.42 Å². The average molecular weight is 259 g/mol. The molecule has 0 unspecified atom stereocenters. The van der Waals surface area contributed by atoms with Crippen molar-refractivity contribution < 1.29 is 8.42 Å². The highest BCUT2D eigenvalue weighted by molar-refractivity contribution is 8.13. The van der Waals surface area contributed by atoms with Gasteiger partial charge in [0, 0.05) is 22.3 Å². The van der Waals surface area contributed by atoms with Crippen LogP contribution in [0.25, 0.3) is 11.3 Å². The highest BCUT2D eigenvalue weighted by atomic mass is 35.7. The van der Waals surface area contributed by atoms with Crippen molar-refractivity contribution in [3.8, 4) is 11.3 Å². The van der Waals surface area contributed by atoms with Crippen molar-refractivity contribution in [3.63, 3.8) is 0 Å². The Hall–Kier alpha value is -1.53. The van der Waals surface area contributed by atoms with Gasteiger partial charge in [-0.05, 0) is 6.07 Å². The number of rotatable bonds is 2. The van der Waals surface area contributed by atoms with E-state index in [1.165, 1.54) is 12.1 Å². The molecule has 0 aliphatic heterocycles. The van der Waals surface area contributed by atoms with Crippen LogP contribution in [0.2, 0.25) is 0 Å². The van der Waals surface area contributed by atoms with Crippen LogP contribution in [0, 0.1) is 0 Å². The summed E-state index contributed by atoms with van der Waals surface area (Å²) in [5.74, 6) is 0. The maximum Gasteiger partial charge on any atom is 0.264 e. The van der Waals surface area contributed by atoms with Crippen molar-refractivity contribution in [3.05, 3.63) is 40.7 Å². The van der Waals surface area contributed by atoms with Crippen molar-refractivity contribution in [2.24, 2.45) is 0 Å². The standard InChI is InChI=1S/C9H7ClN2O3S/c10-16(14,15)8-4-2-1-3-6(8)7-5-9(13)12-11-7/h1-5H,(H2,11,12,13). The summed E-state index contributed by atoms with van der Waals surface area (Å²) in [5, 5.41) is 4.90. The highest BCUT2D eigenvalue weighted by Crippen LogP contribution is 2.26. The maximum absolute atomic E-state index is 11.3. The van der Waals surface area contributed by atoms with Gasteiger partial charge in [-0.1, -0.05) is 18.2 Å². The largest absolute Gasteiger partial charge is 0.297 e. The lowest BCUT2D eigenvalue weighted by Gasteiger charge is -2.03. The van der Waals surface area contributed by atoms with Gasteiger partial charge in [0.15, 0.2) is 0 Å². The number of aromatic amines is 2. The molecule has 0 amide bonds. The molecule has 0 saturated heterocycles. The van der Waals surface area contributed by atoms with Crippen LogP contribution in [0.1, 0.15) is 0 Å². The van der Waals surface area contributed by atoms with Gasteiger partial charge in [-0.2, -0.15) is 0 Å². The topological polar surface area (TPSA) is 82.8 Å². The van der Waals surface area contributed by atoms with Crippen LogP contribution in [0.3, 0.4) is 0 Å². The zero-order valence-corrected chi connectivity index (χ0v) is 9.47. The zero-order chi connectivity index (χ0) is 11.8. The molecule has 1 aromatic heterocycles. The highest BCUT2D eigenvalue weighted by Gasteiger charge is 2.16. The van der Waals surface area contributed by atoms with Gasteiger partial charge < -0.3 is 0 Å². The molecule has 0 radical (unpaired) electrons. The Labute approximate surface area is 95.5 Å². The van der Waals surface area contributed by atoms with Crippen LogP contribution < -0.4 is 5.56 Å². The average Bonchev–Trinajstić information content (AvgIpc) is 2.64. The van der Waals surface area contributed by atoms with Crippen molar-refractivity contribution in [2.45, 2.75) is 4.90 Å². The van der Waals surface area contributed by atoms with Gasteiger partial charge >= 0.3 is 0 Å². The van der Waals surface area contributed by atoms with E-state index in [1.54, 1.807) is 18.2 Å². The van der Waals surface area contributed by atoms with Crippen molar-refractivity contribution >= 4 is 19.7 Å². The third kappa shape index (κ3) is 2.02. The lowest BCUT2D eigenvalue weighted by Crippen LogP contribution is -1.94. The van der Waals surface area contributed by atoms with Gasteiger partial charge in [-0.15, -0.1) is 0 Å². The molecule has 2 aromatic rings. The minimum absolute atomic E-state index is 0.0353. The molecule has 84 valence electrons. The number of H-pyrrole nitrogens is 2. The smallest absolute Gasteiger partial charge is 0.264 e. The van der Waals surface area contributed by atoms with Gasteiger partial charge in [0.2, 0.25) is 0 Å². The third-order valence-corrected chi connectivity index (χ3v) is 3.42. The number of nitrogens with one attached hydrogen (secondary N) is 2. The Bertz CT molecular complexity index is 672. The molecule has 2 N–H and O–H groups in total. The quantitative estimate of drug-likeness (QED) is 0.797. The fraction of sp³-hybridized carbons (Fsp3) is 0. The minimum Gasteiger partial charge on any atom is -0.297 e. The Morgan fingerprint density at radius 1 is 1.12 bits per heavy atom. The van der Waals surface area contributed by atoms with Crippen molar-refractivity contribution in [2.75, 3.05) is 0 Å². The molecule has 0 saturated carbocycles. The normalized spacial score (nSPS) is 11.6. The first-order chi connectivity index (χ1) is 7.48. The van der Waals surface area contributed by atoms with Gasteiger partial charge in [0.25, 0.3) is 14.6 Å². The first-order valence-corrected chi connectivity index (χ1v) is 6.61. The molecule has 0 atom stereocenters. The summed E-state index contributed by atoms with van der Waals surface area (Å²) in [6.07, 6.45) is 0. The van der Waals surface area contributed by atoms with E-state index in [9.17, 15) is 13.2 Å². The number of aromatic nitrogens is 2. The molecule has 1 aromatic carbocycles. The first kappa shape index (κ1) is 11.0. The molecular weight excluding hydrogens is 252 g/mol. The van der Waals surface area contributed by atoms with E-state index in [2.05, 4.69) is 10.2 Å². The molecule has 0 spiro atoms. The van der Waals surface area contributed by atoms with Gasteiger partial charge in [0.05, 0.1) is 10.6 Å². The second-order valence-electron chi connectivity index (χ2n) is 3.11. The summed E-state index contributed by atoms with van der Waals surface area (Å²) in [4.78, 5) is 10.9. The van der Waals surface area contributed by atoms with Crippen molar-refractivity contribution in [1.29, 1.82) is 0 Å². The predicted molar refractivity (Wildman–Crippen MR) is 59.9 cm³/mol. The summed E-state index contributed by atoms with van der Waals surface area (Å²) in [6, 6.07) is 7.42. The molecule has 0 aliphatic rings. The molecule has 1 heterocycles. The molecular formula is C9H7ClN2O3S. The second-order valence-corrected chi connectivity index (χ2v) is 5.64. The molecule has 16 heavy (non-hydrogen) atoms. The van der Waals surface area contributed by atoms with E-state index in [4.69, 9.17) is 10.7 Å². The summed E-state index contributed by atoms with van der Waals surface area (Å²) in [6.45, 7) is 0. The van der Waals surface area contributed by atoms with Crippen LogP contribution in [-0.4, -0.2) is 18.6 Å². The summed E-state index contributed by atoms with van der Waals surface area (Å²) in [7, 11) is 1.45. The Balaban J connectivity index is 2.71. The summed E-state index contributed by atoms with van der Waals surface area (Å²) < 4.78 is 22.6. The van der Waals surface area contributed by atoms with E-state index in [0.29, 0.717) is 11.3 Å². The van der Waals surface area contributed by atoms with E-state index >= 15 is 0 Å². The van der Waals surface area contributed by atoms with E-state index < -0.39 is 9.05 Å². The van der Waals surface area contributed by atoms with E-state index in [0.717, 1.165) is 0 Å². The Morgan fingerprint density at radius 3 is 2.38 bits per heavy atom. The summed E-state index contributed by atoms with van der Waals surface area (Å²) >= 11 is 0. The molecule has 7 heteroatoms. The number of hydrogen-bond donors (Lipinski definition) is 2. The lowest BCUT2D eigenvalue weighted by molar-refractivity contribution is 0.610. The first-order valence-electron chi connectivity index (χ1n) is 4.30. The Morgan fingerprint density at radius 2 is 1.81 bits per heavy atom. The SMILES string of the molecule is O=c1cc(-c2ccccc2S(=O)(=O)Cl)[nH][nH]1. The van der Waals surface area contributed by atoms with Gasteiger partial charge in [0.1, 0.15) is 0 Å². The molecule has 0 fully saturated rings. The monoisotopic (exact) mass is 258 g/mol. The Kier molecular flexibility index (Phi) is 2.61. The number of halogens is 1. The number of hydrogen-bond acceptors (Lipinski definition) is 3. The maximum atomic E-state index is 11.3. The zero-order valence-electron chi connectivity index (χ0n) is 7.90. The summed E-state index contributed by atoms with van der Waals surface area (Å²) in [5.41, 5.74) is 0.400. The predicted octanol–water partition coefficient (Wildman–Crippen LogP) is 1.30. The second kappa shape index (κ2) is 3.80. The van der Waals surface area contributed by atoms with Crippen LogP contribution in [0.5, 0.6) is 0 Å². The molecule has 0 aliphatic carbocycles. The third-order valence-electron chi connectivity index (χ3n) is 2.04. The van der Waals surface area contributed by atoms with Crippen LogP contribution in [0.4, 0.5) is 0 Å². The molecule has 5 nitrogen and oxygen atoms in total. The lowest BCUT2D eigenvalue weighted by atomic mass is 10.1. The molecule has 0 bridgehead atoms. The van der Waals surface area contributed by atoms with E-state index in [1.807, 2.05) is 0 Å². The van der Waals surface area contributed by atoms with Gasteiger partial charge in [-0.3, -0.25) is 15.0 Å². The van der Waals surface area contributed by atoms with Crippen LogP contribution in [0.15, 0.2) is 40.0 Å². The molecule has 2 rings (SSSR count). The minimum atomic E-state index is -3.84. The van der Waals surface area contributed by atoms with Crippen LogP contribution in [-0.2, 0) is 9.05 Å². The van der Waals surface area contributed by atoms with E-state index in [-0.39, 0.29) is 10.5 Å². The van der Waals surface area contributed by atoms with Crippen LogP contribution >= 0.6 is 10.7 Å². The number of benzene rings is 1. The fourth-order valence-electron chi connectivity index (χ4n) is 1.38.